The van der Waals surface area contributed by atoms with Crippen LogP contribution in [0.2, 0.25) is 0 Å². The number of hydrogen-bond donors (Lipinski definition) is 1. The lowest BCUT2D eigenvalue weighted by Crippen LogP contribution is -2.02. The summed E-state index contributed by atoms with van der Waals surface area (Å²) in [5, 5.41) is 0. The molecule has 0 spiro atoms. The van der Waals surface area contributed by atoms with Crippen LogP contribution in [0.1, 0.15) is 46.0 Å². The highest BCUT2D eigenvalue weighted by atomic mass is 31.1. The molecule has 3 nitrogen and oxygen atoms in total. The summed E-state index contributed by atoms with van der Waals surface area (Å²) in [6.07, 6.45) is 5.54. The van der Waals surface area contributed by atoms with Crippen molar-refractivity contribution >= 4 is 8.25 Å². The van der Waals surface area contributed by atoms with Crippen molar-refractivity contribution in [1.82, 2.24) is 0 Å². The fraction of sp³-hybridized carbons (Fsp3) is 1.00. The highest BCUT2D eigenvalue weighted by Gasteiger charge is 2.03. The first-order valence-corrected chi connectivity index (χ1v) is 5.82. The fourth-order valence-electron chi connectivity index (χ4n) is 1.09. The Kier molecular flexibility index (Phi) is 7.88. The van der Waals surface area contributed by atoms with Crippen LogP contribution >= 0.6 is 8.25 Å². The highest BCUT2D eigenvalue weighted by Crippen LogP contribution is 2.20. The molecule has 0 fully saturated rings. The van der Waals surface area contributed by atoms with Gasteiger partial charge < -0.3 is 9.42 Å². The summed E-state index contributed by atoms with van der Waals surface area (Å²) in [6.45, 7) is 4.00. The first-order chi connectivity index (χ1) is 5.66. The Morgan fingerprint density at radius 3 is 2.58 bits per heavy atom. The van der Waals surface area contributed by atoms with E-state index in [0.29, 0.717) is 0 Å². The maximum atomic E-state index is 10.3. The fourth-order valence-corrected chi connectivity index (χ4v) is 1.55. The van der Waals surface area contributed by atoms with E-state index in [1.165, 1.54) is 19.3 Å². The summed E-state index contributed by atoms with van der Waals surface area (Å²) >= 11 is 0. The zero-order valence-corrected chi connectivity index (χ0v) is 8.88. The third-order valence-corrected chi connectivity index (χ3v) is 2.37. The summed E-state index contributed by atoms with van der Waals surface area (Å²) in [6, 6.07) is 0. The van der Waals surface area contributed by atoms with Gasteiger partial charge in [-0.05, 0) is 13.3 Å². The Labute approximate surface area is 75.1 Å². The van der Waals surface area contributed by atoms with Gasteiger partial charge in [0.25, 0.3) is 0 Å². The van der Waals surface area contributed by atoms with Gasteiger partial charge in [-0.3, -0.25) is 4.57 Å². The van der Waals surface area contributed by atoms with E-state index in [-0.39, 0.29) is 6.10 Å². The monoisotopic (exact) mass is 194 g/mol. The van der Waals surface area contributed by atoms with Crippen LogP contribution in [0.3, 0.4) is 0 Å². The van der Waals surface area contributed by atoms with Crippen LogP contribution in [0.4, 0.5) is 0 Å². The second kappa shape index (κ2) is 7.78. The van der Waals surface area contributed by atoms with Crippen molar-refractivity contribution in [3.8, 4) is 0 Å². The van der Waals surface area contributed by atoms with E-state index in [4.69, 9.17) is 9.42 Å². The Balaban J connectivity index is 3.19. The van der Waals surface area contributed by atoms with Crippen LogP contribution in [0.5, 0.6) is 0 Å². The standard InChI is InChI=1S/C8H19O3P/c1-3-4-5-6-7-8(2)11-12(9)10/h8,12H,3-7H2,1-2H3,(H,9,10). The van der Waals surface area contributed by atoms with Gasteiger partial charge in [0.2, 0.25) is 0 Å². The molecule has 74 valence electrons. The molecule has 12 heavy (non-hydrogen) atoms. The van der Waals surface area contributed by atoms with E-state index in [1.807, 2.05) is 6.92 Å². The molecular weight excluding hydrogens is 175 g/mol. The van der Waals surface area contributed by atoms with Crippen LogP contribution in [0.15, 0.2) is 0 Å². The van der Waals surface area contributed by atoms with Crippen LogP contribution < -0.4 is 0 Å². The van der Waals surface area contributed by atoms with Crippen LogP contribution in [-0.4, -0.2) is 11.0 Å². The normalized spacial score (nSPS) is 15.9. The van der Waals surface area contributed by atoms with Gasteiger partial charge in [0.05, 0.1) is 6.10 Å². The molecule has 0 aromatic carbocycles. The largest absolute Gasteiger partial charge is 0.326 e. The maximum absolute atomic E-state index is 10.3. The lowest BCUT2D eigenvalue weighted by atomic mass is 10.1. The third kappa shape index (κ3) is 8.25. The molecule has 0 bridgehead atoms. The SMILES string of the molecule is CCCCCCC(C)O[PH](=O)O. The molecule has 0 heterocycles. The predicted octanol–water partition coefficient (Wildman–Crippen LogP) is 2.74. The Morgan fingerprint density at radius 2 is 2.08 bits per heavy atom. The number of unbranched alkanes of at least 4 members (excludes halogenated alkanes) is 3. The van der Waals surface area contributed by atoms with E-state index >= 15 is 0 Å². The van der Waals surface area contributed by atoms with Crippen LogP contribution in [0.25, 0.3) is 0 Å². The summed E-state index contributed by atoms with van der Waals surface area (Å²) < 4.78 is 15.0. The van der Waals surface area contributed by atoms with E-state index in [1.54, 1.807) is 0 Å². The van der Waals surface area contributed by atoms with Crippen LogP contribution in [0, 0.1) is 0 Å². The van der Waals surface area contributed by atoms with Gasteiger partial charge in [0.1, 0.15) is 0 Å². The lowest BCUT2D eigenvalue weighted by Gasteiger charge is -2.09. The number of rotatable bonds is 7. The van der Waals surface area contributed by atoms with Gasteiger partial charge in [0, 0.05) is 0 Å². The topological polar surface area (TPSA) is 46.5 Å². The quantitative estimate of drug-likeness (QED) is 0.500. The van der Waals surface area contributed by atoms with E-state index in [0.717, 1.165) is 12.8 Å². The first kappa shape index (κ1) is 12.2. The average Bonchev–Trinajstić information content (AvgIpc) is 1.97. The summed E-state index contributed by atoms with van der Waals surface area (Å²) in [5.41, 5.74) is 0. The van der Waals surface area contributed by atoms with Crippen molar-refractivity contribution in [3.05, 3.63) is 0 Å². The molecule has 2 atom stereocenters. The molecule has 0 saturated carbocycles. The van der Waals surface area contributed by atoms with Gasteiger partial charge in [-0.15, -0.1) is 0 Å². The molecule has 0 rings (SSSR count). The van der Waals surface area contributed by atoms with Crippen molar-refractivity contribution in [2.24, 2.45) is 0 Å². The zero-order valence-electron chi connectivity index (χ0n) is 7.88. The highest BCUT2D eigenvalue weighted by molar-refractivity contribution is 7.32. The number of hydrogen-bond acceptors (Lipinski definition) is 2. The minimum atomic E-state index is -2.73. The second-order valence-corrected chi connectivity index (χ2v) is 3.81. The first-order valence-electron chi connectivity index (χ1n) is 4.56. The lowest BCUT2D eigenvalue weighted by molar-refractivity contribution is 0.192. The van der Waals surface area contributed by atoms with E-state index in [2.05, 4.69) is 6.92 Å². The van der Waals surface area contributed by atoms with Crippen molar-refractivity contribution in [2.45, 2.75) is 52.1 Å². The maximum Gasteiger partial charge on any atom is 0.316 e. The molecule has 0 aromatic heterocycles. The summed E-state index contributed by atoms with van der Waals surface area (Å²) in [5.74, 6) is 0. The van der Waals surface area contributed by atoms with Crippen LogP contribution in [-0.2, 0) is 9.09 Å². The van der Waals surface area contributed by atoms with Crippen molar-refractivity contribution in [1.29, 1.82) is 0 Å². The molecule has 0 aliphatic carbocycles. The second-order valence-electron chi connectivity index (χ2n) is 3.04. The molecular formula is C8H19O3P. The molecule has 0 aromatic rings. The summed E-state index contributed by atoms with van der Waals surface area (Å²) in [4.78, 5) is 8.45. The minimum Gasteiger partial charge on any atom is -0.326 e. The predicted molar refractivity (Wildman–Crippen MR) is 50.5 cm³/mol. The molecule has 0 aliphatic heterocycles. The summed E-state index contributed by atoms with van der Waals surface area (Å²) in [7, 11) is -2.73. The van der Waals surface area contributed by atoms with E-state index in [9.17, 15) is 4.57 Å². The zero-order chi connectivity index (χ0) is 9.40. The molecule has 0 amide bonds. The van der Waals surface area contributed by atoms with Crippen molar-refractivity contribution in [2.75, 3.05) is 0 Å². The molecule has 4 heteroatoms. The van der Waals surface area contributed by atoms with Gasteiger partial charge >= 0.3 is 8.25 Å². The minimum absolute atomic E-state index is 0.0711. The molecule has 0 radical (unpaired) electrons. The Hall–Kier alpha value is 0.150. The van der Waals surface area contributed by atoms with Gasteiger partial charge in [-0.1, -0.05) is 32.6 Å². The Bertz CT molecular complexity index is 127. The third-order valence-electron chi connectivity index (χ3n) is 1.77. The average molecular weight is 194 g/mol. The molecule has 0 saturated heterocycles. The van der Waals surface area contributed by atoms with Gasteiger partial charge in [0.15, 0.2) is 0 Å². The van der Waals surface area contributed by atoms with Crippen molar-refractivity contribution < 1.29 is 14.0 Å². The molecule has 2 unspecified atom stereocenters. The van der Waals surface area contributed by atoms with Crippen molar-refractivity contribution in [3.63, 3.8) is 0 Å². The molecule has 1 N–H and O–H groups in total. The van der Waals surface area contributed by atoms with E-state index < -0.39 is 8.25 Å². The Morgan fingerprint density at radius 1 is 1.42 bits per heavy atom. The van der Waals surface area contributed by atoms with Gasteiger partial charge in [-0.2, -0.15) is 0 Å². The molecule has 0 aliphatic rings. The smallest absolute Gasteiger partial charge is 0.316 e. The van der Waals surface area contributed by atoms with Gasteiger partial charge in [-0.25, -0.2) is 0 Å².